The van der Waals surface area contributed by atoms with Gasteiger partial charge in [0.2, 0.25) is 0 Å². The van der Waals surface area contributed by atoms with E-state index < -0.39 is 0 Å². The van der Waals surface area contributed by atoms with Crippen LogP contribution < -0.4 is 11.1 Å². The third-order valence-electron chi connectivity index (χ3n) is 6.26. The van der Waals surface area contributed by atoms with Gasteiger partial charge in [-0.1, -0.05) is 67.8 Å². The topological polar surface area (TPSA) is 54.2 Å². The zero-order valence-electron chi connectivity index (χ0n) is 20.5. The summed E-state index contributed by atoms with van der Waals surface area (Å²) in [5.41, 5.74) is 14.5. The molecule has 0 atom stereocenters. The molecule has 2 heterocycles. The van der Waals surface area contributed by atoms with Crippen molar-refractivity contribution in [3.8, 4) is 22.4 Å². The van der Waals surface area contributed by atoms with Crippen molar-refractivity contribution in [2.45, 2.75) is 26.2 Å². The highest BCUT2D eigenvalue weighted by Gasteiger charge is 2.16. The highest BCUT2D eigenvalue weighted by Crippen LogP contribution is 2.28. The van der Waals surface area contributed by atoms with E-state index >= 15 is 0 Å². The molecule has 0 bridgehead atoms. The van der Waals surface area contributed by atoms with Crippen LogP contribution in [-0.4, -0.2) is 23.0 Å². The summed E-state index contributed by atoms with van der Waals surface area (Å²) in [6.45, 7) is 12.5. The lowest BCUT2D eigenvalue weighted by Crippen LogP contribution is -2.31. The van der Waals surface area contributed by atoms with Crippen molar-refractivity contribution >= 4 is 11.4 Å². The molecule has 3 N–H and O–H groups in total. The van der Waals surface area contributed by atoms with E-state index in [1.165, 1.54) is 24.8 Å². The quantitative estimate of drug-likeness (QED) is 0.353. The smallest absolute Gasteiger partial charge is 0.109 e. The van der Waals surface area contributed by atoms with E-state index in [0.29, 0.717) is 17.1 Å². The van der Waals surface area contributed by atoms with Gasteiger partial charge in [0.15, 0.2) is 0 Å². The van der Waals surface area contributed by atoms with E-state index in [0.717, 1.165) is 41.3 Å². The number of benzene rings is 2. The van der Waals surface area contributed by atoms with Gasteiger partial charge in [0, 0.05) is 18.7 Å². The molecule has 1 aliphatic rings. The van der Waals surface area contributed by atoms with E-state index in [1.807, 2.05) is 43.3 Å². The van der Waals surface area contributed by atoms with Crippen molar-refractivity contribution in [1.29, 1.82) is 0 Å². The summed E-state index contributed by atoms with van der Waals surface area (Å²) < 4.78 is 0. The van der Waals surface area contributed by atoms with E-state index in [9.17, 15) is 0 Å². The molecular weight excluding hydrogens is 428 g/mol. The van der Waals surface area contributed by atoms with Crippen LogP contribution in [0.2, 0.25) is 0 Å². The largest absolute Gasteiger partial charge is 0.397 e. The SMILES string of the molecule is C=C/C(NC(=C)c1nc(-c2cccc(-c3ccccc3)c2)ccc1N)=C(\C=C/C)N1CCCCC1. The van der Waals surface area contributed by atoms with Gasteiger partial charge in [-0.05, 0) is 67.7 Å². The molecule has 178 valence electrons. The number of rotatable bonds is 8. The number of likely N-dealkylation sites (tertiary alicyclic amines) is 1. The van der Waals surface area contributed by atoms with Crippen molar-refractivity contribution in [2.24, 2.45) is 0 Å². The molecule has 0 saturated carbocycles. The normalized spacial score (nSPS) is 14.5. The molecule has 0 aliphatic carbocycles. The highest BCUT2D eigenvalue weighted by atomic mass is 15.2. The summed E-state index contributed by atoms with van der Waals surface area (Å²) in [6, 6.07) is 22.6. The van der Waals surface area contributed by atoms with Crippen LogP contribution in [-0.2, 0) is 0 Å². The van der Waals surface area contributed by atoms with Gasteiger partial charge >= 0.3 is 0 Å². The average Bonchev–Trinajstić information content (AvgIpc) is 2.92. The first-order chi connectivity index (χ1) is 17.1. The molecule has 0 radical (unpaired) electrons. The predicted molar refractivity (Wildman–Crippen MR) is 149 cm³/mol. The third kappa shape index (κ3) is 5.72. The Labute approximate surface area is 209 Å². The van der Waals surface area contributed by atoms with Crippen molar-refractivity contribution in [3.05, 3.63) is 115 Å². The Hall–Kier alpha value is -4.05. The van der Waals surface area contributed by atoms with Gasteiger partial charge in [-0.3, -0.25) is 0 Å². The predicted octanol–water partition coefficient (Wildman–Crippen LogP) is 7.02. The Balaban J connectivity index is 1.64. The van der Waals surface area contributed by atoms with Crippen LogP contribution in [0.5, 0.6) is 0 Å². The van der Waals surface area contributed by atoms with Gasteiger partial charge in [0.05, 0.1) is 28.5 Å². The number of nitrogens with zero attached hydrogens (tertiary/aromatic N) is 2. The fourth-order valence-electron chi connectivity index (χ4n) is 4.46. The second-order valence-corrected chi connectivity index (χ2v) is 8.74. The van der Waals surface area contributed by atoms with Crippen molar-refractivity contribution in [3.63, 3.8) is 0 Å². The molecule has 35 heavy (non-hydrogen) atoms. The molecule has 1 fully saturated rings. The number of allylic oxidation sites excluding steroid dienone is 3. The van der Waals surface area contributed by atoms with Crippen LogP contribution in [0.1, 0.15) is 31.9 Å². The first-order valence-corrected chi connectivity index (χ1v) is 12.2. The molecule has 0 spiro atoms. The van der Waals surface area contributed by atoms with Gasteiger partial charge < -0.3 is 16.0 Å². The van der Waals surface area contributed by atoms with Crippen LogP contribution in [0.3, 0.4) is 0 Å². The standard InChI is InChI=1S/C31H34N4/c1-4-13-30(35-20-10-7-11-21-35)28(5-2)33-23(3)31-27(32)18-19-29(34-31)26-17-12-16-25(22-26)24-14-8-6-9-15-24/h4-6,8-9,12-19,22,33H,2-3,7,10-11,20-21,32H2,1H3/b13-4-,30-28-. The Morgan fingerprint density at radius 2 is 1.66 bits per heavy atom. The Bertz CT molecular complexity index is 1250. The minimum absolute atomic E-state index is 0.583. The van der Waals surface area contributed by atoms with Crippen molar-refractivity contribution < 1.29 is 0 Å². The molecule has 0 amide bonds. The maximum atomic E-state index is 6.35. The van der Waals surface area contributed by atoms with E-state index in [2.05, 4.69) is 71.9 Å². The van der Waals surface area contributed by atoms with Crippen LogP contribution in [0.4, 0.5) is 5.69 Å². The molecule has 4 rings (SSSR count). The summed E-state index contributed by atoms with van der Waals surface area (Å²) in [7, 11) is 0. The number of hydrogen-bond donors (Lipinski definition) is 2. The molecular formula is C31H34N4. The molecule has 2 aromatic carbocycles. The zero-order chi connectivity index (χ0) is 24.6. The maximum Gasteiger partial charge on any atom is 0.109 e. The van der Waals surface area contributed by atoms with E-state index in [4.69, 9.17) is 10.7 Å². The summed E-state index contributed by atoms with van der Waals surface area (Å²) in [5.74, 6) is 0. The highest BCUT2D eigenvalue weighted by molar-refractivity contribution is 5.76. The van der Waals surface area contributed by atoms with E-state index in [-0.39, 0.29) is 0 Å². The number of hydrogen-bond acceptors (Lipinski definition) is 4. The average molecular weight is 463 g/mol. The zero-order valence-corrected chi connectivity index (χ0v) is 20.5. The van der Waals surface area contributed by atoms with Gasteiger partial charge in [0.1, 0.15) is 5.69 Å². The van der Waals surface area contributed by atoms with E-state index in [1.54, 1.807) is 0 Å². The summed E-state index contributed by atoms with van der Waals surface area (Å²) in [5, 5.41) is 3.45. The number of nitrogens with two attached hydrogens (primary N) is 1. The third-order valence-corrected chi connectivity index (χ3v) is 6.26. The minimum Gasteiger partial charge on any atom is -0.397 e. The first kappa shape index (κ1) is 24.1. The lowest BCUT2D eigenvalue weighted by atomic mass is 10.0. The minimum atomic E-state index is 0.583. The molecule has 4 heteroatoms. The summed E-state index contributed by atoms with van der Waals surface area (Å²) >= 11 is 0. The fourth-order valence-corrected chi connectivity index (χ4v) is 4.46. The number of nitrogens with one attached hydrogen (secondary N) is 1. The molecule has 0 unspecified atom stereocenters. The van der Waals surface area contributed by atoms with Crippen LogP contribution in [0, 0.1) is 0 Å². The molecule has 4 nitrogen and oxygen atoms in total. The summed E-state index contributed by atoms with van der Waals surface area (Å²) in [6.07, 6.45) is 9.71. The molecule has 1 aromatic heterocycles. The number of anilines is 1. The Morgan fingerprint density at radius 1 is 0.943 bits per heavy atom. The maximum absolute atomic E-state index is 6.35. The fraction of sp³-hybridized carbons (Fsp3) is 0.194. The van der Waals surface area contributed by atoms with Crippen LogP contribution >= 0.6 is 0 Å². The number of aromatic nitrogens is 1. The summed E-state index contributed by atoms with van der Waals surface area (Å²) in [4.78, 5) is 7.31. The number of nitrogen functional groups attached to an aromatic ring is 1. The number of piperidine rings is 1. The Kier molecular flexibility index (Phi) is 7.84. The second kappa shape index (κ2) is 11.4. The second-order valence-electron chi connectivity index (χ2n) is 8.74. The van der Waals surface area contributed by atoms with Crippen LogP contribution in [0.15, 0.2) is 110 Å². The van der Waals surface area contributed by atoms with Crippen molar-refractivity contribution in [1.82, 2.24) is 15.2 Å². The molecule has 1 saturated heterocycles. The first-order valence-electron chi connectivity index (χ1n) is 12.2. The lowest BCUT2D eigenvalue weighted by Gasteiger charge is -2.31. The van der Waals surface area contributed by atoms with Gasteiger partial charge in [-0.15, -0.1) is 0 Å². The lowest BCUT2D eigenvalue weighted by molar-refractivity contribution is 0.290. The van der Waals surface area contributed by atoms with Gasteiger partial charge in [0.25, 0.3) is 0 Å². The Morgan fingerprint density at radius 3 is 2.37 bits per heavy atom. The van der Waals surface area contributed by atoms with Gasteiger partial charge in [-0.25, -0.2) is 4.98 Å². The van der Waals surface area contributed by atoms with Gasteiger partial charge in [-0.2, -0.15) is 0 Å². The monoisotopic (exact) mass is 462 g/mol. The van der Waals surface area contributed by atoms with Crippen molar-refractivity contribution in [2.75, 3.05) is 18.8 Å². The van der Waals surface area contributed by atoms with Crippen LogP contribution in [0.25, 0.3) is 28.1 Å². The number of pyridine rings is 1. The molecule has 3 aromatic rings. The molecule has 1 aliphatic heterocycles.